The molecule has 0 spiro atoms. The summed E-state index contributed by atoms with van der Waals surface area (Å²) in [5.74, 6) is 0.658. The fourth-order valence-electron chi connectivity index (χ4n) is 2.82. The lowest BCUT2D eigenvalue weighted by molar-refractivity contribution is 0.0143. The molecule has 0 fully saturated rings. The molecule has 0 radical (unpaired) electrons. The van der Waals surface area contributed by atoms with Crippen LogP contribution in [0.2, 0.25) is 0 Å². The zero-order chi connectivity index (χ0) is 13.7. The van der Waals surface area contributed by atoms with Gasteiger partial charge < -0.3 is 10.5 Å². The Labute approximate surface area is 116 Å². The largest absolute Gasteiger partial charge is 0.372 e. The summed E-state index contributed by atoms with van der Waals surface area (Å²) in [6, 6.07) is 8.65. The Morgan fingerprint density at radius 1 is 1.37 bits per heavy atom. The summed E-state index contributed by atoms with van der Waals surface area (Å²) >= 11 is 0. The van der Waals surface area contributed by atoms with Crippen molar-refractivity contribution in [1.82, 2.24) is 4.90 Å². The van der Waals surface area contributed by atoms with E-state index in [2.05, 4.69) is 43.0 Å². The van der Waals surface area contributed by atoms with Gasteiger partial charge in [0.1, 0.15) is 0 Å². The monoisotopic (exact) mass is 262 g/mol. The molecule has 0 saturated carbocycles. The number of ether oxygens (including phenoxy) is 1. The smallest absolute Gasteiger partial charge is 0.0954 e. The van der Waals surface area contributed by atoms with Crippen molar-refractivity contribution in [2.24, 2.45) is 11.7 Å². The van der Waals surface area contributed by atoms with Crippen molar-refractivity contribution >= 4 is 0 Å². The second kappa shape index (κ2) is 7.04. The first-order valence-electron chi connectivity index (χ1n) is 7.32. The van der Waals surface area contributed by atoms with Gasteiger partial charge in [0.15, 0.2) is 0 Å². The first kappa shape index (κ1) is 14.5. The van der Waals surface area contributed by atoms with Gasteiger partial charge in [0.05, 0.1) is 12.7 Å². The van der Waals surface area contributed by atoms with Crippen molar-refractivity contribution in [3.05, 3.63) is 35.4 Å². The lowest BCUT2D eigenvalue weighted by Gasteiger charge is -2.32. The molecule has 1 aliphatic rings. The number of nitrogens with two attached hydrogens (primary N) is 1. The molecule has 1 atom stereocenters. The molecule has 3 heteroatoms. The number of hydrogen-bond acceptors (Lipinski definition) is 3. The number of fused-ring (bicyclic) bond motifs is 1. The minimum Gasteiger partial charge on any atom is -0.372 e. The summed E-state index contributed by atoms with van der Waals surface area (Å²) < 4.78 is 5.98. The van der Waals surface area contributed by atoms with Gasteiger partial charge in [-0.1, -0.05) is 38.1 Å². The van der Waals surface area contributed by atoms with E-state index in [1.807, 2.05) is 0 Å². The molecule has 2 rings (SSSR count). The van der Waals surface area contributed by atoms with Gasteiger partial charge in [-0.15, -0.1) is 0 Å². The van der Waals surface area contributed by atoms with Gasteiger partial charge in [-0.3, -0.25) is 4.90 Å². The summed E-state index contributed by atoms with van der Waals surface area (Å²) in [5.41, 5.74) is 8.52. The fourth-order valence-corrected chi connectivity index (χ4v) is 2.82. The van der Waals surface area contributed by atoms with E-state index in [9.17, 15) is 0 Å². The van der Waals surface area contributed by atoms with Crippen molar-refractivity contribution in [3.8, 4) is 0 Å². The number of rotatable bonds is 6. The van der Waals surface area contributed by atoms with Gasteiger partial charge in [0, 0.05) is 26.2 Å². The highest BCUT2D eigenvalue weighted by molar-refractivity contribution is 5.31. The quantitative estimate of drug-likeness (QED) is 0.854. The Hall–Kier alpha value is -0.900. The van der Waals surface area contributed by atoms with Crippen LogP contribution in [0.25, 0.3) is 0 Å². The lowest BCUT2D eigenvalue weighted by atomic mass is 9.97. The highest BCUT2D eigenvalue weighted by atomic mass is 16.5. The molecule has 0 bridgehead atoms. The van der Waals surface area contributed by atoms with Gasteiger partial charge in [0.25, 0.3) is 0 Å². The molecule has 19 heavy (non-hydrogen) atoms. The van der Waals surface area contributed by atoms with Gasteiger partial charge in [-0.05, 0) is 23.5 Å². The topological polar surface area (TPSA) is 38.5 Å². The molecule has 1 heterocycles. The van der Waals surface area contributed by atoms with Crippen LogP contribution in [0.15, 0.2) is 24.3 Å². The SMILES string of the molecule is CC(C)CN(CCN)CC1OCCc2ccccc21. The second-order valence-corrected chi connectivity index (χ2v) is 5.75. The Bertz CT molecular complexity index is 392. The van der Waals surface area contributed by atoms with Crippen LogP contribution in [0.4, 0.5) is 0 Å². The van der Waals surface area contributed by atoms with Crippen molar-refractivity contribution in [1.29, 1.82) is 0 Å². The minimum atomic E-state index is 0.204. The van der Waals surface area contributed by atoms with Crippen LogP contribution in [0, 0.1) is 5.92 Å². The number of benzene rings is 1. The average molecular weight is 262 g/mol. The highest BCUT2D eigenvalue weighted by Crippen LogP contribution is 2.27. The molecule has 1 unspecified atom stereocenters. The van der Waals surface area contributed by atoms with Crippen LogP contribution < -0.4 is 5.73 Å². The van der Waals surface area contributed by atoms with Crippen molar-refractivity contribution in [2.45, 2.75) is 26.4 Å². The molecule has 1 aliphatic heterocycles. The first-order valence-corrected chi connectivity index (χ1v) is 7.32. The van der Waals surface area contributed by atoms with Crippen molar-refractivity contribution in [2.75, 3.05) is 32.8 Å². The van der Waals surface area contributed by atoms with E-state index in [-0.39, 0.29) is 6.10 Å². The Balaban J connectivity index is 2.05. The summed E-state index contributed by atoms with van der Waals surface area (Å²) in [7, 11) is 0. The maximum atomic E-state index is 5.98. The number of hydrogen-bond donors (Lipinski definition) is 1. The van der Waals surface area contributed by atoms with Crippen molar-refractivity contribution < 1.29 is 4.74 Å². The third-order valence-corrected chi connectivity index (χ3v) is 3.59. The summed E-state index contributed by atoms with van der Waals surface area (Å²) in [6.45, 7) is 9.02. The molecular weight excluding hydrogens is 236 g/mol. The van der Waals surface area contributed by atoms with Crippen LogP contribution >= 0.6 is 0 Å². The lowest BCUT2D eigenvalue weighted by Crippen LogP contribution is -2.37. The predicted octanol–water partition coefficient (Wildman–Crippen LogP) is 2.22. The summed E-state index contributed by atoms with van der Waals surface area (Å²) in [5, 5.41) is 0. The summed E-state index contributed by atoms with van der Waals surface area (Å²) in [4.78, 5) is 2.43. The van der Waals surface area contributed by atoms with Gasteiger partial charge >= 0.3 is 0 Å². The van der Waals surface area contributed by atoms with E-state index in [1.165, 1.54) is 11.1 Å². The molecule has 0 amide bonds. The molecule has 2 N–H and O–H groups in total. The van der Waals surface area contributed by atoms with Gasteiger partial charge in [-0.25, -0.2) is 0 Å². The third kappa shape index (κ3) is 4.03. The molecule has 0 aliphatic carbocycles. The Kier molecular flexibility index (Phi) is 5.37. The van der Waals surface area contributed by atoms with Crippen LogP contribution in [0.5, 0.6) is 0 Å². The fraction of sp³-hybridized carbons (Fsp3) is 0.625. The third-order valence-electron chi connectivity index (χ3n) is 3.59. The minimum absolute atomic E-state index is 0.204. The molecule has 0 saturated heterocycles. The Morgan fingerprint density at radius 2 is 2.16 bits per heavy atom. The van der Waals surface area contributed by atoms with Gasteiger partial charge in [0.2, 0.25) is 0 Å². The van der Waals surface area contributed by atoms with Crippen molar-refractivity contribution in [3.63, 3.8) is 0 Å². The molecular formula is C16H26N2O. The molecule has 106 valence electrons. The van der Waals surface area contributed by atoms with Crippen LogP contribution in [0.1, 0.15) is 31.1 Å². The zero-order valence-electron chi connectivity index (χ0n) is 12.1. The predicted molar refractivity (Wildman–Crippen MR) is 79.2 cm³/mol. The standard InChI is InChI=1S/C16H26N2O/c1-13(2)11-18(9-8-17)12-16-15-6-4-3-5-14(15)7-10-19-16/h3-6,13,16H,7-12,17H2,1-2H3. The summed E-state index contributed by atoms with van der Waals surface area (Å²) in [6.07, 6.45) is 1.24. The maximum absolute atomic E-state index is 5.98. The Morgan fingerprint density at radius 3 is 2.89 bits per heavy atom. The highest BCUT2D eigenvalue weighted by Gasteiger charge is 2.22. The van der Waals surface area contributed by atoms with E-state index in [4.69, 9.17) is 10.5 Å². The molecule has 1 aromatic carbocycles. The molecule has 3 nitrogen and oxygen atoms in total. The normalized spacial score (nSPS) is 18.9. The second-order valence-electron chi connectivity index (χ2n) is 5.75. The molecule has 0 aromatic heterocycles. The first-order chi connectivity index (χ1) is 9.20. The van der Waals surface area contributed by atoms with Crippen LogP contribution in [0.3, 0.4) is 0 Å². The van der Waals surface area contributed by atoms with E-state index >= 15 is 0 Å². The van der Waals surface area contributed by atoms with Gasteiger partial charge in [-0.2, -0.15) is 0 Å². The van der Waals surface area contributed by atoms with E-state index in [1.54, 1.807) is 0 Å². The van der Waals surface area contributed by atoms with E-state index in [0.29, 0.717) is 12.5 Å². The van der Waals surface area contributed by atoms with E-state index < -0.39 is 0 Å². The van der Waals surface area contributed by atoms with Crippen LogP contribution in [-0.2, 0) is 11.2 Å². The molecule has 1 aromatic rings. The zero-order valence-corrected chi connectivity index (χ0v) is 12.1. The van der Waals surface area contributed by atoms with E-state index in [0.717, 1.165) is 32.7 Å². The number of nitrogens with zero attached hydrogens (tertiary/aromatic N) is 1. The maximum Gasteiger partial charge on any atom is 0.0954 e. The average Bonchev–Trinajstić information content (AvgIpc) is 2.39. The van der Waals surface area contributed by atoms with Crippen LogP contribution in [-0.4, -0.2) is 37.7 Å².